The van der Waals surface area contributed by atoms with Crippen molar-refractivity contribution in [3.8, 4) is 22.1 Å². The number of pyridine rings is 1. The summed E-state index contributed by atoms with van der Waals surface area (Å²) in [7, 11) is 3.09. The van der Waals surface area contributed by atoms with E-state index >= 15 is 0 Å². The largest absolute Gasteiger partial charge is 0.497 e. The number of carbonyl (C=O) groups excluding carboxylic acids is 1. The molecule has 4 aromatic rings. The summed E-state index contributed by atoms with van der Waals surface area (Å²) >= 11 is 1.59. The van der Waals surface area contributed by atoms with E-state index in [0.29, 0.717) is 22.7 Å². The van der Waals surface area contributed by atoms with Crippen LogP contribution >= 0.6 is 11.3 Å². The zero-order valence-corrected chi connectivity index (χ0v) is 16.1. The third-order valence-electron chi connectivity index (χ3n) is 4.21. The summed E-state index contributed by atoms with van der Waals surface area (Å²) in [6.45, 7) is 0. The molecule has 0 aliphatic carbocycles. The fourth-order valence-corrected chi connectivity index (χ4v) is 3.70. The monoisotopic (exact) mass is 391 g/mol. The SMILES string of the molecule is COc1ccc(C(=O)Nc2ccc(-c3nc4ncccc4s3)cc2)c(OC)c1. The van der Waals surface area contributed by atoms with Gasteiger partial charge in [0.1, 0.15) is 16.5 Å². The number of amides is 1. The summed E-state index contributed by atoms with van der Waals surface area (Å²) in [4.78, 5) is 21.4. The molecule has 0 saturated heterocycles. The average molecular weight is 391 g/mol. The number of thiazole rings is 1. The summed E-state index contributed by atoms with van der Waals surface area (Å²) in [6.07, 6.45) is 1.73. The highest BCUT2D eigenvalue weighted by Crippen LogP contribution is 2.30. The number of fused-ring (bicyclic) bond motifs is 1. The van der Waals surface area contributed by atoms with Crippen LogP contribution in [0.5, 0.6) is 11.5 Å². The smallest absolute Gasteiger partial charge is 0.259 e. The summed E-state index contributed by atoms with van der Waals surface area (Å²) < 4.78 is 11.5. The molecule has 2 aromatic heterocycles. The van der Waals surface area contributed by atoms with Crippen LogP contribution in [0.3, 0.4) is 0 Å². The molecule has 6 nitrogen and oxygen atoms in total. The van der Waals surface area contributed by atoms with E-state index in [2.05, 4.69) is 15.3 Å². The number of nitrogens with one attached hydrogen (secondary N) is 1. The number of rotatable bonds is 5. The summed E-state index contributed by atoms with van der Waals surface area (Å²) in [6, 6.07) is 16.5. The zero-order chi connectivity index (χ0) is 19.5. The van der Waals surface area contributed by atoms with E-state index < -0.39 is 0 Å². The van der Waals surface area contributed by atoms with E-state index in [9.17, 15) is 4.79 Å². The van der Waals surface area contributed by atoms with Crippen LogP contribution in [0.1, 0.15) is 10.4 Å². The second-order valence-electron chi connectivity index (χ2n) is 5.94. The first kappa shape index (κ1) is 17.9. The van der Waals surface area contributed by atoms with Crippen molar-refractivity contribution in [2.24, 2.45) is 0 Å². The molecule has 0 atom stereocenters. The van der Waals surface area contributed by atoms with Gasteiger partial charge in [-0.1, -0.05) is 0 Å². The molecule has 1 amide bonds. The van der Waals surface area contributed by atoms with Crippen molar-refractivity contribution in [2.45, 2.75) is 0 Å². The van der Waals surface area contributed by atoms with Gasteiger partial charge in [0.05, 0.1) is 24.5 Å². The van der Waals surface area contributed by atoms with Crippen molar-refractivity contribution < 1.29 is 14.3 Å². The van der Waals surface area contributed by atoms with Crippen LogP contribution in [0.25, 0.3) is 20.9 Å². The Morgan fingerprint density at radius 1 is 1.04 bits per heavy atom. The number of aromatic nitrogens is 2. The second kappa shape index (κ2) is 7.66. The lowest BCUT2D eigenvalue weighted by molar-refractivity contribution is 0.102. The molecular formula is C21H17N3O3S. The van der Waals surface area contributed by atoms with Gasteiger partial charge in [-0.15, -0.1) is 11.3 Å². The first-order valence-electron chi connectivity index (χ1n) is 8.53. The van der Waals surface area contributed by atoms with Gasteiger partial charge in [-0.3, -0.25) is 4.79 Å². The van der Waals surface area contributed by atoms with E-state index in [0.717, 1.165) is 20.9 Å². The van der Waals surface area contributed by atoms with Gasteiger partial charge in [0.25, 0.3) is 5.91 Å². The lowest BCUT2D eigenvalue weighted by Crippen LogP contribution is -2.13. The van der Waals surface area contributed by atoms with Gasteiger partial charge in [-0.25, -0.2) is 9.97 Å². The van der Waals surface area contributed by atoms with E-state index in [-0.39, 0.29) is 5.91 Å². The maximum atomic E-state index is 12.6. The van der Waals surface area contributed by atoms with Gasteiger partial charge in [0.2, 0.25) is 0 Å². The van der Waals surface area contributed by atoms with Crippen LogP contribution in [0.4, 0.5) is 5.69 Å². The van der Waals surface area contributed by atoms with Crippen molar-refractivity contribution in [1.29, 1.82) is 0 Å². The number of anilines is 1. The minimum Gasteiger partial charge on any atom is -0.497 e. The van der Waals surface area contributed by atoms with Gasteiger partial charge in [0.15, 0.2) is 5.65 Å². The fraction of sp³-hybridized carbons (Fsp3) is 0.0952. The predicted octanol–water partition coefficient (Wildman–Crippen LogP) is 4.63. The minimum absolute atomic E-state index is 0.253. The normalized spacial score (nSPS) is 10.6. The van der Waals surface area contributed by atoms with Crippen LogP contribution < -0.4 is 14.8 Å². The number of carbonyl (C=O) groups is 1. The first-order valence-corrected chi connectivity index (χ1v) is 9.35. The van der Waals surface area contributed by atoms with Gasteiger partial charge in [-0.2, -0.15) is 0 Å². The molecule has 0 radical (unpaired) electrons. The number of nitrogens with zero attached hydrogens (tertiary/aromatic N) is 2. The quantitative estimate of drug-likeness (QED) is 0.537. The summed E-state index contributed by atoms with van der Waals surface area (Å²) in [5.41, 5.74) is 2.84. The number of benzene rings is 2. The molecule has 2 heterocycles. The highest BCUT2D eigenvalue weighted by atomic mass is 32.1. The maximum absolute atomic E-state index is 12.6. The van der Waals surface area contributed by atoms with E-state index in [1.54, 1.807) is 42.8 Å². The fourth-order valence-electron chi connectivity index (χ4n) is 2.77. The van der Waals surface area contributed by atoms with Gasteiger partial charge in [0, 0.05) is 23.5 Å². The van der Waals surface area contributed by atoms with Crippen LogP contribution in [0.2, 0.25) is 0 Å². The molecule has 4 rings (SSSR count). The van der Waals surface area contributed by atoms with E-state index in [1.165, 1.54) is 7.11 Å². The standard InChI is InChI=1S/C21H17N3O3S/c1-26-15-9-10-16(17(12-15)27-2)20(25)23-14-7-5-13(6-8-14)21-24-19-18(28-21)4-3-11-22-19/h3-12H,1-2H3,(H,23,25). The number of methoxy groups -OCH3 is 2. The Balaban J connectivity index is 1.54. The Morgan fingerprint density at radius 2 is 1.86 bits per heavy atom. The molecule has 0 spiro atoms. The lowest BCUT2D eigenvalue weighted by Gasteiger charge is -2.11. The topological polar surface area (TPSA) is 73.3 Å². The summed E-state index contributed by atoms with van der Waals surface area (Å²) in [5.74, 6) is 0.829. The summed E-state index contributed by atoms with van der Waals surface area (Å²) in [5, 5.41) is 3.78. The molecule has 7 heteroatoms. The molecule has 0 saturated carbocycles. The van der Waals surface area contributed by atoms with Crippen molar-refractivity contribution in [2.75, 3.05) is 19.5 Å². The molecule has 1 N–H and O–H groups in total. The van der Waals surface area contributed by atoms with Crippen molar-refractivity contribution in [1.82, 2.24) is 9.97 Å². The van der Waals surface area contributed by atoms with Crippen molar-refractivity contribution in [3.63, 3.8) is 0 Å². The first-order chi connectivity index (χ1) is 13.7. The average Bonchev–Trinajstić information content (AvgIpc) is 3.18. The number of ether oxygens (including phenoxy) is 2. The maximum Gasteiger partial charge on any atom is 0.259 e. The molecule has 0 fully saturated rings. The van der Waals surface area contributed by atoms with Crippen LogP contribution in [0, 0.1) is 0 Å². The Bertz CT molecular complexity index is 1110. The number of hydrogen-bond acceptors (Lipinski definition) is 6. The van der Waals surface area contributed by atoms with Gasteiger partial charge >= 0.3 is 0 Å². The van der Waals surface area contributed by atoms with Crippen LogP contribution in [-0.2, 0) is 0 Å². The minimum atomic E-state index is -0.253. The molecule has 0 aliphatic rings. The van der Waals surface area contributed by atoms with Gasteiger partial charge in [-0.05, 0) is 48.5 Å². The van der Waals surface area contributed by atoms with Crippen molar-refractivity contribution >= 4 is 33.3 Å². The third-order valence-corrected chi connectivity index (χ3v) is 5.27. The molecule has 28 heavy (non-hydrogen) atoms. The predicted molar refractivity (Wildman–Crippen MR) is 110 cm³/mol. The highest BCUT2D eigenvalue weighted by Gasteiger charge is 2.14. The third kappa shape index (κ3) is 3.52. The molecule has 0 bridgehead atoms. The van der Waals surface area contributed by atoms with E-state index in [1.807, 2.05) is 36.4 Å². The lowest BCUT2D eigenvalue weighted by atomic mass is 10.1. The molecular weight excluding hydrogens is 374 g/mol. The van der Waals surface area contributed by atoms with Crippen LogP contribution in [0.15, 0.2) is 60.8 Å². The Kier molecular flexibility index (Phi) is 4.90. The van der Waals surface area contributed by atoms with Gasteiger partial charge < -0.3 is 14.8 Å². The Hall–Kier alpha value is -3.45. The second-order valence-corrected chi connectivity index (χ2v) is 6.97. The Morgan fingerprint density at radius 3 is 2.57 bits per heavy atom. The highest BCUT2D eigenvalue weighted by molar-refractivity contribution is 7.21. The van der Waals surface area contributed by atoms with E-state index in [4.69, 9.17) is 9.47 Å². The Labute approximate surface area is 165 Å². The molecule has 140 valence electrons. The molecule has 0 aliphatic heterocycles. The zero-order valence-electron chi connectivity index (χ0n) is 15.3. The molecule has 2 aromatic carbocycles. The van der Waals surface area contributed by atoms with Crippen LogP contribution in [-0.4, -0.2) is 30.1 Å². The number of hydrogen-bond donors (Lipinski definition) is 1. The van der Waals surface area contributed by atoms with Crippen molar-refractivity contribution in [3.05, 3.63) is 66.4 Å². The molecule has 0 unspecified atom stereocenters.